The number of nitrogens with zero attached hydrogens (tertiary/aromatic N) is 3. The van der Waals surface area contributed by atoms with Crippen molar-refractivity contribution < 1.29 is 22.7 Å². The number of halogens is 3. The van der Waals surface area contributed by atoms with Gasteiger partial charge >= 0.3 is 6.18 Å². The number of alkyl halides is 3. The van der Waals surface area contributed by atoms with Crippen molar-refractivity contribution in [3.05, 3.63) is 29.8 Å². The summed E-state index contributed by atoms with van der Waals surface area (Å²) in [6.45, 7) is 0.964. The number of aliphatic imine (C=N–C) groups is 1. The first-order valence-electron chi connectivity index (χ1n) is 10.4. The Morgan fingerprint density at radius 2 is 1.84 bits per heavy atom. The number of ether oxygens (including phenoxy) is 1. The summed E-state index contributed by atoms with van der Waals surface area (Å²) in [4.78, 5) is 19.1. The minimum absolute atomic E-state index is 0.0911. The van der Waals surface area contributed by atoms with Gasteiger partial charge in [-0.05, 0) is 43.6 Å². The fourth-order valence-electron chi connectivity index (χ4n) is 3.58. The van der Waals surface area contributed by atoms with Crippen LogP contribution in [-0.4, -0.2) is 81.8 Å². The standard InChI is InChI=1S/C21H32F3N5O2/c1-25-20(27-14-19(30)28(2)15-21(22,23)24)26-13-18(29-11-5-4-6-12-29)16-7-9-17(31-3)10-8-16/h7-10,18H,4-6,11-15H2,1-3H3,(H2,25,26,27). The number of hydrogen-bond donors (Lipinski definition) is 2. The van der Waals surface area contributed by atoms with Gasteiger partial charge < -0.3 is 20.3 Å². The van der Waals surface area contributed by atoms with E-state index < -0.39 is 18.6 Å². The Bertz CT molecular complexity index is 719. The summed E-state index contributed by atoms with van der Waals surface area (Å²) in [6, 6.07) is 8.01. The zero-order chi connectivity index (χ0) is 22.9. The molecule has 10 heteroatoms. The highest BCUT2D eigenvalue weighted by Gasteiger charge is 2.31. The lowest BCUT2D eigenvalue weighted by molar-refractivity contribution is -0.157. The van der Waals surface area contributed by atoms with Crippen LogP contribution in [0.15, 0.2) is 29.3 Å². The highest BCUT2D eigenvalue weighted by Crippen LogP contribution is 2.25. The number of likely N-dealkylation sites (N-methyl/N-ethyl adjacent to an activating group) is 1. The van der Waals surface area contributed by atoms with Gasteiger partial charge in [0.25, 0.3) is 0 Å². The lowest BCUT2D eigenvalue weighted by atomic mass is 10.0. The monoisotopic (exact) mass is 443 g/mol. The minimum Gasteiger partial charge on any atom is -0.497 e. The molecular weight excluding hydrogens is 411 g/mol. The van der Waals surface area contributed by atoms with Crippen LogP contribution in [0.2, 0.25) is 0 Å². The number of nitrogens with one attached hydrogen (secondary N) is 2. The smallest absolute Gasteiger partial charge is 0.406 e. The molecule has 1 atom stereocenters. The summed E-state index contributed by atoms with van der Waals surface area (Å²) in [6.07, 6.45) is -0.931. The molecule has 1 aromatic rings. The maximum Gasteiger partial charge on any atom is 0.406 e. The lowest BCUT2D eigenvalue weighted by Gasteiger charge is -2.35. The second-order valence-electron chi connectivity index (χ2n) is 7.56. The van der Waals surface area contributed by atoms with Crippen LogP contribution in [0.5, 0.6) is 5.75 Å². The quantitative estimate of drug-likeness (QED) is 0.477. The molecule has 1 fully saturated rings. The minimum atomic E-state index is -4.43. The van der Waals surface area contributed by atoms with Crippen LogP contribution in [0.1, 0.15) is 30.9 Å². The Labute approximate surface area is 181 Å². The van der Waals surface area contributed by atoms with Crippen molar-refractivity contribution >= 4 is 11.9 Å². The number of hydrogen-bond acceptors (Lipinski definition) is 4. The average Bonchev–Trinajstić information content (AvgIpc) is 2.75. The van der Waals surface area contributed by atoms with Gasteiger partial charge in [-0.2, -0.15) is 13.2 Å². The number of methoxy groups -OCH3 is 1. The molecule has 2 N–H and O–H groups in total. The van der Waals surface area contributed by atoms with E-state index in [0.29, 0.717) is 17.4 Å². The highest BCUT2D eigenvalue weighted by molar-refractivity contribution is 5.86. The Morgan fingerprint density at radius 1 is 1.19 bits per heavy atom. The third-order valence-electron chi connectivity index (χ3n) is 5.27. The zero-order valence-corrected chi connectivity index (χ0v) is 18.3. The van der Waals surface area contributed by atoms with Gasteiger partial charge in [-0.3, -0.25) is 14.7 Å². The number of carbonyl (C=O) groups is 1. The molecule has 2 rings (SSSR count). The van der Waals surface area contributed by atoms with E-state index in [1.807, 2.05) is 24.3 Å². The van der Waals surface area contributed by atoms with E-state index in [1.165, 1.54) is 6.42 Å². The molecule has 0 aliphatic carbocycles. The van der Waals surface area contributed by atoms with Crippen molar-refractivity contribution in [2.75, 3.05) is 53.9 Å². The van der Waals surface area contributed by atoms with E-state index in [0.717, 1.165) is 44.3 Å². The molecule has 0 aromatic heterocycles. The molecule has 1 aliphatic rings. The van der Waals surface area contributed by atoms with Crippen LogP contribution >= 0.6 is 0 Å². The third-order valence-corrected chi connectivity index (χ3v) is 5.27. The van der Waals surface area contributed by atoms with Crippen molar-refractivity contribution in [1.82, 2.24) is 20.4 Å². The molecule has 0 radical (unpaired) electrons. The van der Waals surface area contributed by atoms with Crippen molar-refractivity contribution in [3.63, 3.8) is 0 Å². The Balaban J connectivity index is 1.97. The molecule has 1 aromatic carbocycles. The van der Waals surface area contributed by atoms with Crippen molar-refractivity contribution in [1.29, 1.82) is 0 Å². The molecule has 1 amide bonds. The van der Waals surface area contributed by atoms with Crippen LogP contribution < -0.4 is 15.4 Å². The van der Waals surface area contributed by atoms with Gasteiger partial charge in [0.05, 0.1) is 19.7 Å². The Morgan fingerprint density at radius 3 is 2.39 bits per heavy atom. The average molecular weight is 444 g/mol. The van der Waals surface area contributed by atoms with Gasteiger partial charge in [-0.15, -0.1) is 0 Å². The molecule has 1 aliphatic heterocycles. The SMILES string of the molecule is CN=C(NCC(=O)N(C)CC(F)(F)F)NCC(c1ccc(OC)cc1)N1CCCCC1. The first-order chi connectivity index (χ1) is 14.7. The number of guanidine groups is 1. The molecule has 0 spiro atoms. The fraction of sp³-hybridized carbons (Fsp3) is 0.619. The second-order valence-corrected chi connectivity index (χ2v) is 7.56. The summed E-state index contributed by atoms with van der Waals surface area (Å²) in [5, 5.41) is 6.02. The number of rotatable bonds is 8. The summed E-state index contributed by atoms with van der Waals surface area (Å²) >= 11 is 0. The van der Waals surface area contributed by atoms with E-state index in [2.05, 4.69) is 20.5 Å². The molecule has 0 bridgehead atoms. The maximum atomic E-state index is 12.5. The van der Waals surface area contributed by atoms with Crippen LogP contribution in [0.25, 0.3) is 0 Å². The summed E-state index contributed by atoms with van der Waals surface area (Å²) in [7, 11) is 4.31. The predicted octanol–water partition coefficient (Wildman–Crippen LogP) is 2.41. The lowest BCUT2D eigenvalue weighted by Crippen LogP contribution is -2.48. The van der Waals surface area contributed by atoms with Crippen LogP contribution in [-0.2, 0) is 4.79 Å². The number of carbonyl (C=O) groups excluding carboxylic acids is 1. The van der Waals surface area contributed by atoms with Gasteiger partial charge in [0, 0.05) is 20.6 Å². The Hall–Kier alpha value is -2.49. The number of piperidine rings is 1. The molecule has 174 valence electrons. The molecule has 1 saturated heterocycles. The van der Waals surface area contributed by atoms with Crippen molar-refractivity contribution in [2.45, 2.75) is 31.5 Å². The van der Waals surface area contributed by atoms with Gasteiger partial charge in [0.15, 0.2) is 5.96 Å². The molecule has 1 unspecified atom stereocenters. The summed E-state index contributed by atoms with van der Waals surface area (Å²) in [5.41, 5.74) is 1.13. The fourth-order valence-corrected chi connectivity index (χ4v) is 3.58. The van der Waals surface area contributed by atoms with E-state index in [9.17, 15) is 18.0 Å². The third kappa shape index (κ3) is 8.28. The van der Waals surface area contributed by atoms with Crippen molar-refractivity contribution in [2.24, 2.45) is 4.99 Å². The van der Waals surface area contributed by atoms with E-state index >= 15 is 0 Å². The van der Waals surface area contributed by atoms with Crippen LogP contribution in [0.4, 0.5) is 13.2 Å². The number of benzene rings is 1. The molecule has 7 nitrogen and oxygen atoms in total. The predicted molar refractivity (Wildman–Crippen MR) is 114 cm³/mol. The number of likely N-dealkylation sites (tertiary alicyclic amines) is 1. The molecule has 0 saturated carbocycles. The maximum absolute atomic E-state index is 12.5. The largest absolute Gasteiger partial charge is 0.497 e. The molecule has 31 heavy (non-hydrogen) atoms. The van der Waals surface area contributed by atoms with E-state index in [4.69, 9.17) is 4.74 Å². The molecular formula is C21H32F3N5O2. The van der Waals surface area contributed by atoms with Gasteiger partial charge in [0.1, 0.15) is 12.3 Å². The van der Waals surface area contributed by atoms with Crippen LogP contribution in [0.3, 0.4) is 0 Å². The summed E-state index contributed by atoms with van der Waals surface area (Å²) < 4.78 is 42.6. The van der Waals surface area contributed by atoms with Gasteiger partial charge in [-0.1, -0.05) is 18.6 Å². The first kappa shape index (κ1) is 24.8. The normalized spacial score (nSPS) is 16.5. The number of amides is 1. The molecule has 1 heterocycles. The Kier molecular flexibility index (Phi) is 9.42. The highest BCUT2D eigenvalue weighted by atomic mass is 19.4. The van der Waals surface area contributed by atoms with Gasteiger partial charge in [-0.25, -0.2) is 0 Å². The topological polar surface area (TPSA) is 69.2 Å². The first-order valence-corrected chi connectivity index (χ1v) is 10.4. The van der Waals surface area contributed by atoms with Gasteiger partial charge in [0.2, 0.25) is 5.91 Å². The van der Waals surface area contributed by atoms with E-state index in [-0.39, 0.29) is 12.6 Å². The summed E-state index contributed by atoms with van der Waals surface area (Å²) in [5.74, 6) is 0.486. The van der Waals surface area contributed by atoms with Crippen LogP contribution in [0, 0.1) is 0 Å². The second kappa shape index (κ2) is 11.8. The van der Waals surface area contributed by atoms with Crippen molar-refractivity contribution in [3.8, 4) is 5.75 Å². The zero-order valence-electron chi connectivity index (χ0n) is 18.3. The van der Waals surface area contributed by atoms with E-state index in [1.54, 1.807) is 14.2 Å².